The second-order valence-corrected chi connectivity index (χ2v) is 7.55. The summed E-state index contributed by atoms with van der Waals surface area (Å²) in [4.78, 5) is 17.9. The van der Waals surface area contributed by atoms with E-state index >= 15 is 0 Å². The number of benzene rings is 2. The van der Waals surface area contributed by atoms with E-state index in [1.165, 1.54) is 5.56 Å². The molecule has 0 bridgehead atoms. The van der Waals surface area contributed by atoms with Crippen LogP contribution < -0.4 is 4.74 Å². The molecule has 4 rings (SSSR count). The monoisotopic (exact) mass is 386 g/mol. The number of rotatable bonds is 5. The predicted molar refractivity (Wildman–Crippen MR) is 115 cm³/mol. The van der Waals surface area contributed by atoms with Crippen LogP contribution in [-0.4, -0.2) is 35.0 Å². The summed E-state index contributed by atoms with van der Waals surface area (Å²) in [6, 6.07) is 22.8. The number of amides is 1. The van der Waals surface area contributed by atoms with Gasteiger partial charge in [0.05, 0.1) is 0 Å². The summed E-state index contributed by atoms with van der Waals surface area (Å²) in [6.07, 6.45) is 4.72. The Morgan fingerprint density at radius 2 is 1.66 bits per heavy atom. The summed E-state index contributed by atoms with van der Waals surface area (Å²) in [7, 11) is 0. The zero-order valence-electron chi connectivity index (χ0n) is 16.8. The highest BCUT2D eigenvalue weighted by Crippen LogP contribution is 2.24. The number of hydrogen-bond donors (Lipinski definition) is 0. The minimum absolute atomic E-state index is 0.149. The summed E-state index contributed by atoms with van der Waals surface area (Å²) >= 11 is 0. The Kier molecular flexibility index (Phi) is 5.89. The number of carbonyl (C=O) groups is 1. The van der Waals surface area contributed by atoms with Gasteiger partial charge in [0.15, 0.2) is 0 Å². The quantitative estimate of drug-likeness (QED) is 0.637. The van der Waals surface area contributed by atoms with E-state index in [4.69, 9.17) is 4.74 Å². The molecular weight excluding hydrogens is 360 g/mol. The predicted octanol–water partition coefficient (Wildman–Crippen LogP) is 4.73. The fourth-order valence-electron chi connectivity index (χ4n) is 3.71. The molecule has 4 heteroatoms. The SMILES string of the molecule is CC(=O)N1CCC(Oc2ccc(-c3ccc(Cc4ccccc4)nc3)cc2)CC1. The minimum Gasteiger partial charge on any atom is -0.490 e. The van der Waals surface area contributed by atoms with Crippen LogP contribution in [0.25, 0.3) is 11.1 Å². The van der Waals surface area contributed by atoms with Gasteiger partial charge in [-0.2, -0.15) is 0 Å². The first-order valence-electron chi connectivity index (χ1n) is 10.2. The van der Waals surface area contributed by atoms with Crippen LogP contribution in [0.4, 0.5) is 0 Å². The molecule has 29 heavy (non-hydrogen) atoms. The fourth-order valence-corrected chi connectivity index (χ4v) is 3.71. The van der Waals surface area contributed by atoms with Crippen molar-refractivity contribution < 1.29 is 9.53 Å². The van der Waals surface area contributed by atoms with Gasteiger partial charge in [0, 0.05) is 56.7 Å². The molecule has 0 unspecified atom stereocenters. The molecule has 1 amide bonds. The average molecular weight is 386 g/mol. The van der Waals surface area contributed by atoms with Crippen molar-refractivity contribution >= 4 is 5.91 Å². The largest absolute Gasteiger partial charge is 0.490 e. The van der Waals surface area contributed by atoms with Crippen LogP contribution in [0.15, 0.2) is 72.9 Å². The lowest BCUT2D eigenvalue weighted by molar-refractivity contribution is -0.130. The number of hydrogen-bond acceptors (Lipinski definition) is 3. The standard InChI is InChI=1S/C25H26N2O2/c1-19(28)27-15-13-25(14-16-27)29-24-11-8-21(9-12-24)22-7-10-23(26-18-22)17-20-5-3-2-4-6-20/h2-12,18,25H,13-17H2,1H3. The molecule has 0 radical (unpaired) electrons. The van der Waals surface area contributed by atoms with Gasteiger partial charge in [-0.3, -0.25) is 9.78 Å². The Morgan fingerprint density at radius 1 is 0.966 bits per heavy atom. The van der Waals surface area contributed by atoms with Crippen molar-refractivity contribution in [3.05, 3.63) is 84.2 Å². The normalized spacial score (nSPS) is 14.6. The summed E-state index contributed by atoms with van der Waals surface area (Å²) in [5.74, 6) is 1.03. The third-order valence-corrected chi connectivity index (χ3v) is 5.43. The lowest BCUT2D eigenvalue weighted by Gasteiger charge is -2.31. The molecule has 1 fully saturated rings. The third-order valence-electron chi connectivity index (χ3n) is 5.43. The maximum absolute atomic E-state index is 11.4. The van der Waals surface area contributed by atoms with E-state index in [-0.39, 0.29) is 12.0 Å². The number of aromatic nitrogens is 1. The summed E-state index contributed by atoms with van der Waals surface area (Å²) < 4.78 is 6.11. The number of carbonyl (C=O) groups excluding carboxylic acids is 1. The molecule has 1 aromatic heterocycles. The minimum atomic E-state index is 0.149. The molecule has 1 aliphatic rings. The number of ether oxygens (including phenoxy) is 1. The molecule has 3 aromatic rings. The van der Waals surface area contributed by atoms with E-state index in [9.17, 15) is 4.79 Å². The Balaban J connectivity index is 1.35. The van der Waals surface area contributed by atoms with Gasteiger partial charge in [-0.25, -0.2) is 0 Å². The Hall–Kier alpha value is -3.14. The Morgan fingerprint density at radius 3 is 2.28 bits per heavy atom. The van der Waals surface area contributed by atoms with Gasteiger partial charge >= 0.3 is 0 Å². The van der Waals surface area contributed by atoms with E-state index in [0.29, 0.717) is 0 Å². The zero-order valence-corrected chi connectivity index (χ0v) is 16.8. The van der Waals surface area contributed by atoms with Gasteiger partial charge in [-0.1, -0.05) is 48.5 Å². The number of pyridine rings is 1. The average Bonchev–Trinajstić information content (AvgIpc) is 2.76. The number of nitrogens with zero attached hydrogens (tertiary/aromatic N) is 2. The van der Waals surface area contributed by atoms with Gasteiger partial charge in [0.1, 0.15) is 11.9 Å². The van der Waals surface area contributed by atoms with E-state index < -0.39 is 0 Å². The lowest BCUT2D eigenvalue weighted by Crippen LogP contribution is -2.40. The number of likely N-dealkylation sites (tertiary alicyclic amines) is 1. The van der Waals surface area contributed by atoms with Crippen LogP contribution in [-0.2, 0) is 11.2 Å². The molecule has 0 aliphatic carbocycles. The van der Waals surface area contributed by atoms with Crippen molar-refractivity contribution in [2.24, 2.45) is 0 Å². The molecule has 2 heterocycles. The second-order valence-electron chi connectivity index (χ2n) is 7.55. The highest BCUT2D eigenvalue weighted by atomic mass is 16.5. The first-order valence-corrected chi connectivity index (χ1v) is 10.2. The van der Waals surface area contributed by atoms with Crippen LogP contribution in [0, 0.1) is 0 Å². The topological polar surface area (TPSA) is 42.4 Å². The first kappa shape index (κ1) is 19.2. The number of piperidine rings is 1. The molecule has 0 N–H and O–H groups in total. The first-order chi connectivity index (χ1) is 14.2. The molecule has 4 nitrogen and oxygen atoms in total. The van der Waals surface area contributed by atoms with Crippen LogP contribution in [0.2, 0.25) is 0 Å². The van der Waals surface area contributed by atoms with Crippen molar-refractivity contribution in [2.75, 3.05) is 13.1 Å². The van der Waals surface area contributed by atoms with E-state index in [1.54, 1.807) is 6.92 Å². The highest BCUT2D eigenvalue weighted by Gasteiger charge is 2.21. The summed E-state index contributed by atoms with van der Waals surface area (Å²) in [6.45, 7) is 3.18. The molecule has 0 saturated carbocycles. The maximum Gasteiger partial charge on any atom is 0.219 e. The lowest BCUT2D eigenvalue weighted by atomic mass is 10.1. The molecule has 0 spiro atoms. The summed E-state index contributed by atoms with van der Waals surface area (Å²) in [5, 5.41) is 0. The van der Waals surface area contributed by atoms with Gasteiger partial charge in [-0.15, -0.1) is 0 Å². The zero-order chi connectivity index (χ0) is 20.1. The van der Waals surface area contributed by atoms with E-state index in [1.807, 2.05) is 29.3 Å². The molecule has 148 valence electrons. The van der Waals surface area contributed by atoms with Gasteiger partial charge in [0.2, 0.25) is 5.91 Å². The molecule has 0 atom stereocenters. The van der Waals surface area contributed by atoms with Crippen LogP contribution in [0.3, 0.4) is 0 Å². The molecule has 2 aromatic carbocycles. The molecule has 1 saturated heterocycles. The highest BCUT2D eigenvalue weighted by molar-refractivity contribution is 5.73. The van der Waals surface area contributed by atoms with E-state index in [2.05, 4.69) is 53.5 Å². The Bertz CT molecular complexity index is 929. The van der Waals surface area contributed by atoms with Crippen molar-refractivity contribution in [2.45, 2.75) is 32.3 Å². The van der Waals surface area contributed by atoms with Crippen LogP contribution in [0.5, 0.6) is 5.75 Å². The van der Waals surface area contributed by atoms with Gasteiger partial charge in [0.25, 0.3) is 0 Å². The summed E-state index contributed by atoms with van der Waals surface area (Å²) in [5.41, 5.74) is 4.56. The maximum atomic E-state index is 11.4. The smallest absolute Gasteiger partial charge is 0.219 e. The Labute approximate surface area is 172 Å². The van der Waals surface area contributed by atoms with Crippen molar-refractivity contribution in [3.8, 4) is 16.9 Å². The molecule has 1 aliphatic heterocycles. The van der Waals surface area contributed by atoms with Crippen LogP contribution >= 0.6 is 0 Å². The van der Waals surface area contributed by atoms with Crippen molar-refractivity contribution in [1.29, 1.82) is 0 Å². The fraction of sp³-hybridized carbons (Fsp3) is 0.280. The second kappa shape index (κ2) is 8.91. The van der Waals surface area contributed by atoms with Crippen molar-refractivity contribution in [1.82, 2.24) is 9.88 Å². The van der Waals surface area contributed by atoms with Crippen LogP contribution in [0.1, 0.15) is 31.0 Å². The third kappa shape index (κ3) is 5.02. The van der Waals surface area contributed by atoms with Gasteiger partial charge < -0.3 is 9.64 Å². The van der Waals surface area contributed by atoms with Crippen molar-refractivity contribution in [3.63, 3.8) is 0 Å². The van der Waals surface area contributed by atoms with E-state index in [0.717, 1.165) is 54.9 Å². The van der Waals surface area contributed by atoms with Gasteiger partial charge in [-0.05, 0) is 29.3 Å². The molecular formula is C25H26N2O2.